The molecule has 2 aliphatic rings. The van der Waals surface area contributed by atoms with Crippen molar-refractivity contribution < 1.29 is 9.47 Å². The van der Waals surface area contributed by atoms with Gasteiger partial charge in [-0.05, 0) is 96.1 Å². The van der Waals surface area contributed by atoms with Gasteiger partial charge in [-0.3, -0.25) is 9.69 Å². The molecule has 4 aromatic rings. The summed E-state index contributed by atoms with van der Waals surface area (Å²) in [6.45, 7) is 8.65. The maximum atomic E-state index is 13.6. The first-order chi connectivity index (χ1) is 19.0. The van der Waals surface area contributed by atoms with Gasteiger partial charge in [-0.1, -0.05) is 0 Å². The molecule has 2 aliphatic heterocycles. The Labute approximate surface area is 227 Å². The largest absolute Gasteiger partial charge is 0.497 e. The molecule has 1 N–H and O–H groups in total. The minimum atomic E-state index is -0.380. The Morgan fingerprint density at radius 1 is 1.08 bits per heavy atom. The lowest BCUT2D eigenvalue weighted by atomic mass is 10.00. The number of aromatic amines is 1. The molecule has 0 unspecified atom stereocenters. The van der Waals surface area contributed by atoms with Gasteiger partial charge in [0.25, 0.3) is 5.56 Å². The molecule has 2 atom stereocenters. The van der Waals surface area contributed by atoms with E-state index in [0.29, 0.717) is 17.9 Å². The first kappa shape index (κ1) is 25.5. The zero-order valence-corrected chi connectivity index (χ0v) is 22.8. The van der Waals surface area contributed by atoms with E-state index in [1.165, 1.54) is 5.56 Å². The molecule has 4 heterocycles. The molecule has 0 radical (unpaired) electrons. The fourth-order valence-electron chi connectivity index (χ4n) is 5.75. The van der Waals surface area contributed by atoms with Crippen LogP contribution in [0.15, 0.2) is 47.3 Å². The van der Waals surface area contributed by atoms with Gasteiger partial charge in [-0.25, -0.2) is 4.68 Å². The normalized spacial score (nSPS) is 19.1. The predicted molar refractivity (Wildman–Crippen MR) is 149 cm³/mol. The van der Waals surface area contributed by atoms with E-state index in [1.807, 2.05) is 28.9 Å². The van der Waals surface area contributed by atoms with Gasteiger partial charge in [0.1, 0.15) is 11.8 Å². The minimum absolute atomic E-state index is 0.0836. The van der Waals surface area contributed by atoms with Crippen molar-refractivity contribution in [2.75, 3.05) is 44.8 Å². The van der Waals surface area contributed by atoms with E-state index >= 15 is 0 Å². The molecule has 39 heavy (non-hydrogen) atoms. The second-order valence-electron chi connectivity index (χ2n) is 10.6. The maximum absolute atomic E-state index is 13.6. The molecule has 10 nitrogen and oxygen atoms in total. The lowest BCUT2D eigenvalue weighted by Crippen LogP contribution is -2.49. The van der Waals surface area contributed by atoms with E-state index in [-0.39, 0.29) is 17.7 Å². The summed E-state index contributed by atoms with van der Waals surface area (Å²) in [7, 11) is 1.68. The molecule has 0 aliphatic carbocycles. The predicted octanol–water partition coefficient (Wildman–Crippen LogP) is 3.23. The number of methoxy groups -OCH3 is 1. The molecule has 2 aromatic carbocycles. The van der Waals surface area contributed by atoms with Crippen molar-refractivity contribution in [3.8, 4) is 5.75 Å². The highest BCUT2D eigenvalue weighted by atomic mass is 16.5. The highest BCUT2D eigenvalue weighted by Crippen LogP contribution is 2.30. The van der Waals surface area contributed by atoms with Crippen molar-refractivity contribution in [1.29, 1.82) is 0 Å². The number of tetrazole rings is 1. The zero-order valence-electron chi connectivity index (χ0n) is 22.8. The number of pyridine rings is 1. The summed E-state index contributed by atoms with van der Waals surface area (Å²) in [5, 5.41) is 13.9. The van der Waals surface area contributed by atoms with Crippen molar-refractivity contribution in [1.82, 2.24) is 30.1 Å². The Morgan fingerprint density at radius 2 is 1.85 bits per heavy atom. The Hall–Kier alpha value is -3.76. The minimum Gasteiger partial charge on any atom is -0.497 e. The monoisotopic (exact) mass is 529 g/mol. The van der Waals surface area contributed by atoms with Gasteiger partial charge < -0.3 is 19.4 Å². The molecule has 0 bridgehead atoms. The Morgan fingerprint density at radius 3 is 2.56 bits per heavy atom. The fraction of sp³-hybridized carbons (Fsp3) is 0.448. The van der Waals surface area contributed by atoms with Crippen molar-refractivity contribution >= 4 is 16.6 Å². The third kappa shape index (κ3) is 5.14. The number of hydrogen-bond donors (Lipinski definition) is 1. The Balaban J connectivity index is 1.35. The van der Waals surface area contributed by atoms with E-state index in [4.69, 9.17) is 9.47 Å². The molecule has 0 amide bonds. The van der Waals surface area contributed by atoms with Crippen LogP contribution in [0.2, 0.25) is 0 Å². The number of benzene rings is 2. The standard InChI is InChI=1S/C29H35N7O3/c1-19-15-21-17-25(29(37)30-26(21)16-20(19)2)27(28-31-32-33-36(28)18-24-5-4-14-39-24)35-12-10-34(11-13-35)22-6-8-23(38-3)9-7-22/h6-9,15-17,24,27H,4-5,10-14,18H2,1-3H3,(H,30,37)/t24-,27-/m1/s1. The summed E-state index contributed by atoms with van der Waals surface area (Å²) < 4.78 is 13.0. The molecule has 6 rings (SSSR count). The number of ether oxygens (including phenoxy) is 2. The lowest BCUT2D eigenvalue weighted by Gasteiger charge is -2.39. The van der Waals surface area contributed by atoms with Gasteiger partial charge >= 0.3 is 0 Å². The topological polar surface area (TPSA) is 101 Å². The molecule has 2 aromatic heterocycles. The van der Waals surface area contributed by atoms with Gasteiger partial charge in [0, 0.05) is 49.6 Å². The summed E-state index contributed by atoms with van der Waals surface area (Å²) in [5.74, 6) is 1.52. The molecular formula is C29H35N7O3. The quantitative estimate of drug-likeness (QED) is 0.390. The van der Waals surface area contributed by atoms with Crippen LogP contribution in [0.1, 0.15) is 41.4 Å². The van der Waals surface area contributed by atoms with E-state index < -0.39 is 0 Å². The van der Waals surface area contributed by atoms with Crippen LogP contribution in [0.25, 0.3) is 10.9 Å². The average Bonchev–Trinajstić information content (AvgIpc) is 3.64. The van der Waals surface area contributed by atoms with Crippen molar-refractivity contribution in [3.05, 3.63) is 75.3 Å². The maximum Gasteiger partial charge on any atom is 0.253 e. The number of nitrogens with one attached hydrogen (secondary N) is 1. The molecule has 2 saturated heterocycles. The first-order valence-electron chi connectivity index (χ1n) is 13.6. The second-order valence-corrected chi connectivity index (χ2v) is 10.6. The van der Waals surface area contributed by atoms with E-state index in [0.717, 1.165) is 73.5 Å². The van der Waals surface area contributed by atoms with Crippen LogP contribution in [-0.4, -0.2) is 76.1 Å². The number of nitrogens with zero attached hydrogens (tertiary/aromatic N) is 6. The van der Waals surface area contributed by atoms with Crippen LogP contribution in [0, 0.1) is 13.8 Å². The number of piperazine rings is 1. The Bertz CT molecular complexity index is 1500. The molecule has 0 saturated carbocycles. The molecule has 10 heteroatoms. The SMILES string of the molecule is COc1ccc(N2CCN([C@H](c3cc4cc(C)c(C)cc4[nH]c3=O)c3nnnn3C[C@H]3CCCO3)CC2)cc1. The van der Waals surface area contributed by atoms with Crippen LogP contribution in [0.4, 0.5) is 5.69 Å². The zero-order chi connectivity index (χ0) is 26.9. The van der Waals surface area contributed by atoms with Gasteiger partial charge in [-0.15, -0.1) is 5.10 Å². The number of aryl methyl sites for hydroxylation is 2. The van der Waals surface area contributed by atoms with E-state index in [2.05, 4.69) is 62.4 Å². The lowest BCUT2D eigenvalue weighted by molar-refractivity contribution is 0.0906. The van der Waals surface area contributed by atoms with Crippen LogP contribution < -0.4 is 15.2 Å². The second kappa shape index (κ2) is 10.8. The number of fused-ring (bicyclic) bond motifs is 1. The summed E-state index contributed by atoms with van der Waals surface area (Å²) in [4.78, 5) is 21.4. The smallest absolute Gasteiger partial charge is 0.253 e. The third-order valence-electron chi connectivity index (χ3n) is 8.10. The number of anilines is 1. The van der Waals surface area contributed by atoms with Gasteiger partial charge in [0.15, 0.2) is 5.82 Å². The fourth-order valence-corrected chi connectivity index (χ4v) is 5.75. The van der Waals surface area contributed by atoms with Crippen molar-refractivity contribution in [2.24, 2.45) is 0 Å². The molecule has 0 spiro atoms. The van der Waals surface area contributed by atoms with Gasteiger partial charge in [0.2, 0.25) is 0 Å². The number of rotatable bonds is 7. The number of H-pyrrole nitrogens is 1. The van der Waals surface area contributed by atoms with Crippen LogP contribution in [0.5, 0.6) is 5.75 Å². The van der Waals surface area contributed by atoms with Crippen LogP contribution in [-0.2, 0) is 11.3 Å². The molecule has 2 fully saturated rings. The van der Waals surface area contributed by atoms with Gasteiger partial charge in [-0.2, -0.15) is 0 Å². The highest BCUT2D eigenvalue weighted by Gasteiger charge is 2.33. The Kier molecular flexibility index (Phi) is 7.05. The van der Waals surface area contributed by atoms with Gasteiger partial charge in [0.05, 0.1) is 19.8 Å². The van der Waals surface area contributed by atoms with E-state index in [1.54, 1.807) is 7.11 Å². The van der Waals surface area contributed by atoms with Crippen molar-refractivity contribution in [2.45, 2.75) is 45.4 Å². The number of hydrogen-bond acceptors (Lipinski definition) is 8. The highest BCUT2D eigenvalue weighted by molar-refractivity contribution is 5.81. The molecular weight excluding hydrogens is 494 g/mol. The summed E-state index contributed by atoms with van der Waals surface area (Å²) in [5.41, 5.74) is 4.89. The van der Waals surface area contributed by atoms with Crippen LogP contribution >= 0.6 is 0 Å². The first-order valence-corrected chi connectivity index (χ1v) is 13.6. The van der Waals surface area contributed by atoms with E-state index in [9.17, 15) is 4.79 Å². The summed E-state index contributed by atoms with van der Waals surface area (Å²) >= 11 is 0. The third-order valence-corrected chi connectivity index (χ3v) is 8.10. The summed E-state index contributed by atoms with van der Waals surface area (Å²) in [6, 6.07) is 14.0. The number of aromatic nitrogens is 5. The average molecular weight is 530 g/mol. The molecule has 204 valence electrons. The van der Waals surface area contributed by atoms with Crippen LogP contribution in [0.3, 0.4) is 0 Å². The van der Waals surface area contributed by atoms with Crippen molar-refractivity contribution in [3.63, 3.8) is 0 Å². The summed E-state index contributed by atoms with van der Waals surface area (Å²) in [6.07, 6.45) is 2.11.